The number of benzene rings is 1. The van der Waals surface area contributed by atoms with Crippen LogP contribution in [0.4, 0.5) is 0 Å². The lowest BCUT2D eigenvalue weighted by Gasteiger charge is -2.31. The Kier molecular flexibility index (Phi) is 6.11. The van der Waals surface area contributed by atoms with Gasteiger partial charge in [-0.25, -0.2) is 0 Å². The highest BCUT2D eigenvalue weighted by Gasteiger charge is 2.25. The predicted molar refractivity (Wildman–Crippen MR) is 102 cm³/mol. The number of carbonyl (C=O) groups is 2. The van der Waals surface area contributed by atoms with Crippen molar-refractivity contribution in [2.45, 2.75) is 19.3 Å². The molecule has 1 saturated heterocycles. The number of hydrogen-bond acceptors (Lipinski definition) is 4. The summed E-state index contributed by atoms with van der Waals surface area (Å²) in [6, 6.07) is 9.37. The lowest BCUT2D eigenvalue weighted by molar-refractivity contribution is -0.134. The molecule has 7 nitrogen and oxygen atoms in total. The van der Waals surface area contributed by atoms with Crippen molar-refractivity contribution in [3.63, 3.8) is 0 Å². The molecule has 7 heteroatoms. The molecule has 0 radical (unpaired) electrons. The topological polar surface area (TPSA) is 76.5 Å². The standard InChI is InChI=1S/C20H26N4O3/c1-21-20(26)17-13-23(2)22-18(17)12-15-8-10-24(11-9-15)19(25)14-27-16-6-4-3-5-7-16/h3-7,13,15H,8-12,14H2,1-2H3,(H,21,26). The van der Waals surface area contributed by atoms with Gasteiger partial charge in [0.05, 0.1) is 11.3 Å². The molecule has 1 aliphatic heterocycles. The van der Waals surface area contributed by atoms with Crippen molar-refractivity contribution >= 4 is 11.8 Å². The molecular formula is C20H26N4O3. The van der Waals surface area contributed by atoms with Crippen molar-refractivity contribution in [1.82, 2.24) is 20.0 Å². The molecule has 0 unspecified atom stereocenters. The van der Waals surface area contributed by atoms with E-state index < -0.39 is 0 Å². The van der Waals surface area contributed by atoms with Crippen LogP contribution in [0.15, 0.2) is 36.5 Å². The van der Waals surface area contributed by atoms with Crippen LogP contribution >= 0.6 is 0 Å². The zero-order chi connectivity index (χ0) is 19.2. The molecule has 144 valence electrons. The second kappa shape index (κ2) is 8.70. The van der Waals surface area contributed by atoms with Gasteiger partial charge in [-0.15, -0.1) is 0 Å². The van der Waals surface area contributed by atoms with Gasteiger partial charge in [0.15, 0.2) is 6.61 Å². The Balaban J connectivity index is 1.49. The lowest BCUT2D eigenvalue weighted by atomic mass is 9.91. The van der Waals surface area contributed by atoms with Crippen LogP contribution in [0.5, 0.6) is 5.75 Å². The van der Waals surface area contributed by atoms with Gasteiger partial charge in [0.1, 0.15) is 5.75 Å². The van der Waals surface area contributed by atoms with Crippen molar-refractivity contribution in [3.05, 3.63) is 47.8 Å². The monoisotopic (exact) mass is 370 g/mol. The number of para-hydroxylation sites is 1. The number of ether oxygens (including phenoxy) is 1. The molecule has 0 aliphatic carbocycles. The van der Waals surface area contributed by atoms with Crippen LogP contribution in [0.1, 0.15) is 28.9 Å². The fourth-order valence-electron chi connectivity index (χ4n) is 3.42. The highest BCUT2D eigenvalue weighted by Crippen LogP contribution is 2.23. The molecule has 1 fully saturated rings. The van der Waals surface area contributed by atoms with E-state index in [1.165, 1.54) is 0 Å². The van der Waals surface area contributed by atoms with Crippen LogP contribution in [0.2, 0.25) is 0 Å². The molecule has 2 amide bonds. The number of amides is 2. The normalized spacial score (nSPS) is 14.8. The number of piperidine rings is 1. The zero-order valence-electron chi connectivity index (χ0n) is 15.9. The minimum atomic E-state index is -0.108. The molecule has 27 heavy (non-hydrogen) atoms. The first-order valence-corrected chi connectivity index (χ1v) is 9.27. The van der Waals surface area contributed by atoms with Crippen molar-refractivity contribution in [2.24, 2.45) is 13.0 Å². The minimum absolute atomic E-state index is 0.0150. The summed E-state index contributed by atoms with van der Waals surface area (Å²) < 4.78 is 7.23. The highest BCUT2D eigenvalue weighted by atomic mass is 16.5. The largest absolute Gasteiger partial charge is 0.484 e. The van der Waals surface area contributed by atoms with Crippen LogP contribution in [-0.2, 0) is 18.3 Å². The predicted octanol–water partition coefficient (Wildman–Crippen LogP) is 1.64. The maximum absolute atomic E-state index is 12.4. The summed E-state index contributed by atoms with van der Waals surface area (Å²) in [5, 5.41) is 7.11. The summed E-state index contributed by atoms with van der Waals surface area (Å²) in [6.07, 6.45) is 4.32. The van der Waals surface area contributed by atoms with Crippen LogP contribution in [0.25, 0.3) is 0 Å². The summed E-state index contributed by atoms with van der Waals surface area (Å²) in [6.45, 7) is 1.49. The fourth-order valence-corrected chi connectivity index (χ4v) is 3.42. The summed E-state index contributed by atoms with van der Waals surface area (Å²) in [5.74, 6) is 1.03. The molecular weight excluding hydrogens is 344 g/mol. The third-order valence-corrected chi connectivity index (χ3v) is 4.93. The van der Waals surface area contributed by atoms with Gasteiger partial charge >= 0.3 is 0 Å². The molecule has 2 aromatic rings. The van der Waals surface area contributed by atoms with Crippen molar-refractivity contribution < 1.29 is 14.3 Å². The molecule has 3 rings (SSSR count). The van der Waals surface area contributed by atoms with Crippen molar-refractivity contribution in [1.29, 1.82) is 0 Å². The van der Waals surface area contributed by atoms with Gasteiger partial charge in [-0.1, -0.05) is 18.2 Å². The molecule has 0 atom stereocenters. The number of aromatic nitrogens is 2. The Morgan fingerprint density at radius 2 is 1.93 bits per heavy atom. The molecule has 0 saturated carbocycles. The van der Waals surface area contributed by atoms with Gasteiger partial charge in [0, 0.05) is 33.4 Å². The first-order valence-electron chi connectivity index (χ1n) is 9.27. The maximum atomic E-state index is 12.4. The van der Waals surface area contributed by atoms with Gasteiger partial charge in [-0.3, -0.25) is 14.3 Å². The quantitative estimate of drug-likeness (QED) is 0.839. The smallest absolute Gasteiger partial charge is 0.260 e. The van der Waals surface area contributed by atoms with E-state index in [0.717, 1.165) is 25.0 Å². The van der Waals surface area contributed by atoms with E-state index in [2.05, 4.69) is 10.4 Å². The molecule has 0 spiro atoms. The number of likely N-dealkylation sites (tertiary alicyclic amines) is 1. The van der Waals surface area contributed by atoms with E-state index in [-0.39, 0.29) is 18.4 Å². The van der Waals surface area contributed by atoms with E-state index in [9.17, 15) is 9.59 Å². The van der Waals surface area contributed by atoms with Crippen LogP contribution in [0.3, 0.4) is 0 Å². The Morgan fingerprint density at radius 1 is 1.22 bits per heavy atom. The SMILES string of the molecule is CNC(=O)c1cn(C)nc1CC1CCN(C(=O)COc2ccccc2)CC1. The second-order valence-corrected chi connectivity index (χ2v) is 6.87. The van der Waals surface area contributed by atoms with Crippen molar-refractivity contribution in [3.8, 4) is 5.75 Å². The van der Waals surface area contributed by atoms with E-state index in [0.29, 0.717) is 30.3 Å². The molecule has 1 aromatic carbocycles. The molecule has 2 heterocycles. The summed E-state index contributed by atoms with van der Waals surface area (Å²) >= 11 is 0. The molecule has 1 aliphatic rings. The van der Waals surface area contributed by atoms with Crippen LogP contribution in [-0.4, -0.2) is 53.2 Å². The average molecular weight is 370 g/mol. The van der Waals surface area contributed by atoms with E-state index in [4.69, 9.17) is 4.74 Å². The van der Waals surface area contributed by atoms with Gasteiger partial charge in [0.25, 0.3) is 11.8 Å². The van der Waals surface area contributed by atoms with Gasteiger partial charge in [-0.05, 0) is 37.3 Å². The average Bonchev–Trinajstić information content (AvgIpc) is 3.07. The van der Waals surface area contributed by atoms with Gasteiger partial charge in [-0.2, -0.15) is 5.10 Å². The highest BCUT2D eigenvalue weighted by molar-refractivity contribution is 5.94. The van der Waals surface area contributed by atoms with E-state index >= 15 is 0 Å². The Morgan fingerprint density at radius 3 is 2.59 bits per heavy atom. The molecule has 0 bridgehead atoms. The number of nitrogens with zero attached hydrogens (tertiary/aromatic N) is 3. The number of hydrogen-bond donors (Lipinski definition) is 1. The summed E-state index contributed by atoms with van der Waals surface area (Å²) in [4.78, 5) is 26.2. The minimum Gasteiger partial charge on any atom is -0.484 e. The summed E-state index contributed by atoms with van der Waals surface area (Å²) in [7, 11) is 3.45. The van der Waals surface area contributed by atoms with Gasteiger partial charge in [0.2, 0.25) is 0 Å². The molecule has 1 aromatic heterocycles. The first-order chi connectivity index (χ1) is 13.1. The Bertz CT molecular complexity index is 780. The van der Waals surface area contributed by atoms with E-state index in [1.807, 2.05) is 42.3 Å². The Hall–Kier alpha value is -2.83. The maximum Gasteiger partial charge on any atom is 0.260 e. The van der Waals surface area contributed by atoms with Crippen LogP contribution in [0, 0.1) is 5.92 Å². The number of aryl methyl sites for hydroxylation is 1. The first kappa shape index (κ1) is 18.9. The second-order valence-electron chi connectivity index (χ2n) is 6.87. The summed E-state index contributed by atoms with van der Waals surface area (Å²) in [5.41, 5.74) is 1.46. The van der Waals surface area contributed by atoms with Crippen molar-refractivity contribution in [2.75, 3.05) is 26.7 Å². The lowest BCUT2D eigenvalue weighted by Crippen LogP contribution is -2.41. The van der Waals surface area contributed by atoms with Crippen LogP contribution < -0.4 is 10.1 Å². The Labute approximate surface area is 159 Å². The zero-order valence-corrected chi connectivity index (χ0v) is 15.9. The number of carbonyl (C=O) groups excluding carboxylic acids is 2. The van der Waals surface area contributed by atoms with E-state index in [1.54, 1.807) is 17.9 Å². The number of nitrogens with one attached hydrogen (secondary N) is 1. The third-order valence-electron chi connectivity index (χ3n) is 4.93. The fraction of sp³-hybridized carbons (Fsp3) is 0.450. The third kappa shape index (κ3) is 4.87. The molecule has 1 N–H and O–H groups in total. The number of rotatable bonds is 6. The van der Waals surface area contributed by atoms with Gasteiger partial charge < -0.3 is 15.0 Å².